The number of hydrogen-bond acceptors (Lipinski definition) is 2. The quantitative estimate of drug-likeness (QED) is 0.775. The van der Waals surface area contributed by atoms with Crippen LogP contribution in [-0.2, 0) is 0 Å². The molecule has 0 aliphatic carbocycles. The summed E-state index contributed by atoms with van der Waals surface area (Å²) in [6, 6.07) is 1.24. The molecule has 0 radical (unpaired) electrons. The molecule has 1 rings (SSSR count). The van der Waals surface area contributed by atoms with E-state index in [-0.39, 0.29) is 0 Å². The summed E-state index contributed by atoms with van der Waals surface area (Å²) in [5.74, 6) is 0. The van der Waals surface area contributed by atoms with Gasteiger partial charge in [0.1, 0.15) is 0 Å². The van der Waals surface area contributed by atoms with Crippen molar-refractivity contribution in [2.45, 2.75) is 38.8 Å². The Balaban J connectivity index is 2.51. The first-order valence-corrected chi connectivity index (χ1v) is 5.85. The van der Waals surface area contributed by atoms with Gasteiger partial charge in [-0.2, -0.15) is 0 Å². The second-order valence-electron chi connectivity index (χ2n) is 4.02. The van der Waals surface area contributed by atoms with E-state index in [2.05, 4.69) is 30.6 Å². The van der Waals surface area contributed by atoms with E-state index in [4.69, 9.17) is 11.6 Å². The molecule has 2 unspecified atom stereocenters. The lowest BCUT2D eigenvalue weighted by Crippen LogP contribution is -2.56. The van der Waals surface area contributed by atoms with E-state index in [9.17, 15) is 0 Å². The highest BCUT2D eigenvalue weighted by molar-refractivity contribution is 6.29. The molecular formula is C11H21ClN2. The Bertz CT molecular complexity index is 194. The first-order valence-electron chi connectivity index (χ1n) is 5.48. The van der Waals surface area contributed by atoms with E-state index in [1.54, 1.807) is 0 Å². The molecule has 1 heterocycles. The maximum atomic E-state index is 5.87. The molecule has 0 amide bonds. The van der Waals surface area contributed by atoms with Crippen LogP contribution < -0.4 is 5.32 Å². The summed E-state index contributed by atoms with van der Waals surface area (Å²) in [5.41, 5.74) is 0. The molecule has 2 nitrogen and oxygen atoms in total. The van der Waals surface area contributed by atoms with Crippen molar-refractivity contribution in [3.8, 4) is 0 Å². The highest BCUT2D eigenvalue weighted by Gasteiger charge is 2.25. The molecule has 1 N–H and O–H groups in total. The first-order chi connectivity index (χ1) is 6.67. The van der Waals surface area contributed by atoms with Gasteiger partial charge in [0.05, 0.1) is 0 Å². The fraction of sp³-hybridized carbons (Fsp3) is 0.818. The number of halogens is 1. The molecule has 1 saturated heterocycles. The van der Waals surface area contributed by atoms with Crippen molar-refractivity contribution in [1.29, 1.82) is 0 Å². The Morgan fingerprint density at radius 1 is 1.50 bits per heavy atom. The van der Waals surface area contributed by atoms with Crippen LogP contribution in [0.15, 0.2) is 11.6 Å². The van der Waals surface area contributed by atoms with Gasteiger partial charge in [0.2, 0.25) is 0 Å². The van der Waals surface area contributed by atoms with Gasteiger partial charge in [-0.25, -0.2) is 0 Å². The summed E-state index contributed by atoms with van der Waals surface area (Å²) >= 11 is 5.87. The number of rotatable bonds is 4. The minimum Gasteiger partial charge on any atom is -0.311 e. The normalized spacial score (nSPS) is 29.1. The van der Waals surface area contributed by atoms with Crippen molar-refractivity contribution in [1.82, 2.24) is 10.2 Å². The van der Waals surface area contributed by atoms with Crippen LogP contribution in [0.5, 0.6) is 0 Å². The summed E-state index contributed by atoms with van der Waals surface area (Å²) in [6.07, 6.45) is 2.36. The summed E-state index contributed by atoms with van der Waals surface area (Å²) < 4.78 is 0. The zero-order valence-electron chi connectivity index (χ0n) is 9.22. The lowest BCUT2D eigenvalue weighted by Gasteiger charge is -2.39. The van der Waals surface area contributed by atoms with Crippen LogP contribution in [0.4, 0.5) is 0 Å². The van der Waals surface area contributed by atoms with E-state index in [1.165, 1.54) is 12.8 Å². The molecule has 14 heavy (non-hydrogen) atoms. The number of nitrogens with zero attached hydrogens (tertiary/aromatic N) is 1. The molecule has 82 valence electrons. The summed E-state index contributed by atoms with van der Waals surface area (Å²) in [6.45, 7) is 11.2. The predicted octanol–water partition coefficient (Wildman–Crippen LogP) is 2.20. The fourth-order valence-electron chi connectivity index (χ4n) is 2.02. The van der Waals surface area contributed by atoms with Gasteiger partial charge in [0, 0.05) is 36.8 Å². The maximum Gasteiger partial charge on any atom is 0.0339 e. The van der Waals surface area contributed by atoms with Crippen molar-refractivity contribution in [3.05, 3.63) is 11.6 Å². The zero-order chi connectivity index (χ0) is 10.6. The first kappa shape index (κ1) is 12.0. The summed E-state index contributed by atoms with van der Waals surface area (Å²) in [5, 5.41) is 4.31. The number of hydrogen-bond donors (Lipinski definition) is 1. The van der Waals surface area contributed by atoms with Gasteiger partial charge >= 0.3 is 0 Å². The van der Waals surface area contributed by atoms with Gasteiger partial charge < -0.3 is 5.32 Å². The van der Waals surface area contributed by atoms with Crippen LogP contribution in [0.3, 0.4) is 0 Å². The molecular weight excluding hydrogens is 196 g/mol. The third-order valence-electron chi connectivity index (χ3n) is 2.95. The second kappa shape index (κ2) is 5.74. The lowest BCUT2D eigenvalue weighted by atomic mass is 10.1. The Labute approximate surface area is 92.3 Å². The predicted molar refractivity (Wildman–Crippen MR) is 62.7 cm³/mol. The van der Waals surface area contributed by atoms with Gasteiger partial charge in [-0.1, -0.05) is 32.0 Å². The van der Waals surface area contributed by atoms with Crippen molar-refractivity contribution in [2.75, 3.05) is 19.6 Å². The molecule has 2 atom stereocenters. The topological polar surface area (TPSA) is 15.3 Å². The second-order valence-corrected chi connectivity index (χ2v) is 4.56. The van der Waals surface area contributed by atoms with E-state index in [0.717, 1.165) is 24.7 Å². The highest BCUT2D eigenvalue weighted by Crippen LogP contribution is 2.14. The molecule has 0 spiro atoms. The van der Waals surface area contributed by atoms with Crippen LogP contribution in [-0.4, -0.2) is 36.6 Å². The molecule has 0 saturated carbocycles. The Kier molecular flexibility index (Phi) is 4.93. The van der Waals surface area contributed by atoms with E-state index in [0.29, 0.717) is 12.1 Å². The monoisotopic (exact) mass is 216 g/mol. The third kappa shape index (κ3) is 3.26. The summed E-state index contributed by atoms with van der Waals surface area (Å²) in [7, 11) is 0. The van der Waals surface area contributed by atoms with Gasteiger partial charge in [0.15, 0.2) is 0 Å². The van der Waals surface area contributed by atoms with Gasteiger partial charge in [-0.05, 0) is 12.8 Å². The number of piperazine rings is 1. The maximum absolute atomic E-state index is 5.87. The highest BCUT2D eigenvalue weighted by atomic mass is 35.5. The Morgan fingerprint density at radius 3 is 2.71 bits per heavy atom. The summed E-state index contributed by atoms with van der Waals surface area (Å²) in [4.78, 5) is 2.44. The SMILES string of the molecule is C=C(Cl)CN1CC(CC)NCC1CC. The number of nitrogens with one attached hydrogen (secondary N) is 1. The van der Waals surface area contributed by atoms with E-state index in [1.807, 2.05) is 0 Å². The molecule has 0 aromatic carbocycles. The third-order valence-corrected chi connectivity index (χ3v) is 3.07. The Morgan fingerprint density at radius 2 is 2.21 bits per heavy atom. The molecule has 1 aliphatic heterocycles. The van der Waals surface area contributed by atoms with Gasteiger partial charge in [-0.3, -0.25) is 4.90 Å². The molecule has 0 aromatic rings. The molecule has 0 bridgehead atoms. The van der Waals surface area contributed by atoms with E-state index >= 15 is 0 Å². The van der Waals surface area contributed by atoms with Crippen molar-refractivity contribution in [2.24, 2.45) is 0 Å². The smallest absolute Gasteiger partial charge is 0.0339 e. The fourth-order valence-corrected chi connectivity index (χ4v) is 2.17. The molecule has 0 aromatic heterocycles. The van der Waals surface area contributed by atoms with Crippen LogP contribution in [0, 0.1) is 0 Å². The van der Waals surface area contributed by atoms with Gasteiger partial charge in [-0.15, -0.1) is 0 Å². The standard InChI is InChI=1S/C11H21ClN2/c1-4-10-8-14(7-9(3)12)11(5-2)6-13-10/h10-11,13H,3-8H2,1-2H3. The van der Waals surface area contributed by atoms with Crippen LogP contribution in [0.2, 0.25) is 0 Å². The van der Waals surface area contributed by atoms with Crippen molar-refractivity contribution < 1.29 is 0 Å². The van der Waals surface area contributed by atoms with Crippen LogP contribution in [0.25, 0.3) is 0 Å². The minimum absolute atomic E-state index is 0.619. The van der Waals surface area contributed by atoms with Crippen molar-refractivity contribution in [3.63, 3.8) is 0 Å². The molecule has 3 heteroatoms. The average molecular weight is 217 g/mol. The molecule has 1 aliphatic rings. The van der Waals surface area contributed by atoms with E-state index < -0.39 is 0 Å². The minimum atomic E-state index is 0.619. The zero-order valence-corrected chi connectivity index (χ0v) is 9.98. The van der Waals surface area contributed by atoms with Crippen molar-refractivity contribution >= 4 is 11.6 Å². The van der Waals surface area contributed by atoms with Gasteiger partial charge in [0.25, 0.3) is 0 Å². The average Bonchev–Trinajstić information content (AvgIpc) is 2.16. The largest absolute Gasteiger partial charge is 0.311 e. The van der Waals surface area contributed by atoms with Crippen LogP contribution >= 0.6 is 11.6 Å². The van der Waals surface area contributed by atoms with Crippen LogP contribution in [0.1, 0.15) is 26.7 Å². The lowest BCUT2D eigenvalue weighted by molar-refractivity contribution is 0.138. The molecule has 1 fully saturated rings. The Hall–Kier alpha value is -0.0500.